The number of hydrogen-bond donors (Lipinski definition) is 2. The molecular formula is C23H20FN5O. The normalized spacial score (nSPS) is 24.4. The standard InChI is InChI=1S/C23H20FN5O/c24-14-3-6-19(27-11-14)20-21(29-15-4-1-13(9-15)23(29)28-20)12-2-5-18-17(10-12)16(22(25)30)7-8-26-18/h2-3,5-8,10-11,13,15,23,28H,1,4,9H2,(H2,25,30)/t13-,15+,23?/m0/s1. The topological polar surface area (TPSA) is 84.1 Å². The molecule has 0 radical (unpaired) electrons. The van der Waals surface area contributed by atoms with E-state index in [4.69, 9.17) is 5.73 Å². The van der Waals surface area contributed by atoms with Crippen LogP contribution in [0.2, 0.25) is 0 Å². The number of nitrogens with two attached hydrogens (primary N) is 1. The molecule has 1 saturated carbocycles. The van der Waals surface area contributed by atoms with Crippen LogP contribution in [0.3, 0.4) is 0 Å². The number of rotatable bonds is 3. The van der Waals surface area contributed by atoms with E-state index in [0.717, 1.165) is 34.3 Å². The lowest BCUT2D eigenvalue weighted by atomic mass is 10.0. The number of primary amides is 1. The lowest BCUT2D eigenvalue weighted by Crippen LogP contribution is -2.41. The number of nitrogens with zero attached hydrogens (tertiary/aromatic N) is 3. The highest BCUT2D eigenvalue weighted by Gasteiger charge is 2.51. The fourth-order valence-corrected chi connectivity index (χ4v) is 5.36. The summed E-state index contributed by atoms with van der Waals surface area (Å²) in [6.45, 7) is 0. The first-order chi connectivity index (χ1) is 14.6. The zero-order valence-corrected chi connectivity index (χ0v) is 16.2. The van der Waals surface area contributed by atoms with Crippen LogP contribution in [0.1, 0.15) is 40.9 Å². The van der Waals surface area contributed by atoms with E-state index in [2.05, 4.69) is 20.2 Å². The van der Waals surface area contributed by atoms with Crippen molar-refractivity contribution in [2.75, 3.05) is 0 Å². The van der Waals surface area contributed by atoms with E-state index in [9.17, 15) is 9.18 Å². The summed E-state index contributed by atoms with van der Waals surface area (Å²) in [6, 6.07) is 11.2. The maximum atomic E-state index is 13.5. The van der Waals surface area contributed by atoms with Crippen molar-refractivity contribution in [2.45, 2.75) is 31.5 Å². The molecule has 1 unspecified atom stereocenters. The minimum Gasteiger partial charge on any atom is -0.366 e. The number of hydrogen-bond acceptors (Lipinski definition) is 5. The number of fused-ring (bicyclic) bond motifs is 6. The van der Waals surface area contributed by atoms with Gasteiger partial charge in [-0.1, -0.05) is 6.07 Å². The Labute approximate surface area is 172 Å². The number of amides is 1. The Morgan fingerprint density at radius 3 is 2.87 bits per heavy atom. The molecule has 1 saturated heterocycles. The Bertz CT molecular complexity index is 1220. The molecule has 3 atom stereocenters. The van der Waals surface area contributed by atoms with E-state index in [-0.39, 0.29) is 12.0 Å². The number of nitrogens with one attached hydrogen (secondary N) is 1. The summed E-state index contributed by atoms with van der Waals surface area (Å²) in [5.74, 6) is -0.245. The first-order valence-electron chi connectivity index (χ1n) is 10.2. The highest BCUT2D eigenvalue weighted by atomic mass is 19.1. The molecule has 6 nitrogen and oxygen atoms in total. The maximum absolute atomic E-state index is 13.5. The number of carbonyl (C=O) groups is 1. The van der Waals surface area contributed by atoms with Crippen LogP contribution in [0.4, 0.5) is 4.39 Å². The third kappa shape index (κ3) is 2.44. The van der Waals surface area contributed by atoms with Gasteiger partial charge in [-0.05, 0) is 55.5 Å². The summed E-state index contributed by atoms with van der Waals surface area (Å²) in [6.07, 6.45) is 6.62. The predicted molar refractivity (Wildman–Crippen MR) is 111 cm³/mol. The van der Waals surface area contributed by atoms with Gasteiger partial charge in [0.15, 0.2) is 0 Å². The molecule has 2 aromatic heterocycles. The summed E-state index contributed by atoms with van der Waals surface area (Å²) in [5.41, 5.74) is 10.4. The fraction of sp³-hybridized carbons (Fsp3) is 0.261. The molecule has 0 spiro atoms. The first-order valence-corrected chi connectivity index (χ1v) is 10.2. The molecule has 3 aliphatic rings. The van der Waals surface area contributed by atoms with Gasteiger partial charge in [0.25, 0.3) is 0 Å². The molecule has 7 heteroatoms. The van der Waals surface area contributed by atoms with Gasteiger partial charge < -0.3 is 16.0 Å². The molecule has 6 rings (SSSR count). The quantitative estimate of drug-likeness (QED) is 0.705. The molecule has 150 valence electrons. The van der Waals surface area contributed by atoms with Gasteiger partial charge in [-0.3, -0.25) is 14.8 Å². The maximum Gasteiger partial charge on any atom is 0.249 e. The van der Waals surface area contributed by atoms with Crippen molar-refractivity contribution in [1.82, 2.24) is 20.2 Å². The summed E-state index contributed by atoms with van der Waals surface area (Å²) in [5, 5.41) is 4.40. The molecule has 2 fully saturated rings. The van der Waals surface area contributed by atoms with Crippen LogP contribution in [0.15, 0.2) is 48.8 Å². The minimum absolute atomic E-state index is 0.223. The van der Waals surface area contributed by atoms with Crippen LogP contribution in [0, 0.1) is 11.7 Å². The molecule has 2 bridgehead atoms. The number of halogens is 1. The zero-order valence-electron chi connectivity index (χ0n) is 16.2. The first kappa shape index (κ1) is 17.4. The van der Waals surface area contributed by atoms with Crippen LogP contribution in [-0.4, -0.2) is 33.0 Å². The van der Waals surface area contributed by atoms with Crippen molar-refractivity contribution >= 4 is 28.2 Å². The van der Waals surface area contributed by atoms with Crippen molar-refractivity contribution in [2.24, 2.45) is 11.7 Å². The molecule has 1 aromatic carbocycles. The number of piperidine rings is 1. The molecule has 3 aromatic rings. The number of pyridine rings is 2. The van der Waals surface area contributed by atoms with E-state index in [1.165, 1.54) is 25.1 Å². The van der Waals surface area contributed by atoms with Crippen LogP contribution in [-0.2, 0) is 0 Å². The summed E-state index contributed by atoms with van der Waals surface area (Å²) >= 11 is 0. The van der Waals surface area contributed by atoms with Gasteiger partial charge in [-0.25, -0.2) is 4.39 Å². The molecule has 1 amide bonds. The van der Waals surface area contributed by atoms with Crippen LogP contribution < -0.4 is 11.1 Å². The Hall–Kier alpha value is -3.48. The van der Waals surface area contributed by atoms with E-state index in [0.29, 0.717) is 23.2 Å². The molecule has 30 heavy (non-hydrogen) atoms. The Morgan fingerprint density at radius 1 is 1.17 bits per heavy atom. The summed E-state index contributed by atoms with van der Waals surface area (Å²) in [4.78, 5) is 23.1. The van der Waals surface area contributed by atoms with E-state index >= 15 is 0 Å². The molecule has 3 N–H and O–H groups in total. The van der Waals surface area contributed by atoms with Gasteiger partial charge in [-0.2, -0.15) is 0 Å². The SMILES string of the molecule is NC(=O)c1ccnc2ccc(C3=C(c4ccc(F)cn4)NC4[C@H]5CC[C@H](C5)N34)cc12. The summed E-state index contributed by atoms with van der Waals surface area (Å²) in [7, 11) is 0. The largest absolute Gasteiger partial charge is 0.366 e. The lowest BCUT2D eigenvalue weighted by molar-refractivity contribution is 0.100. The number of benzene rings is 1. The van der Waals surface area contributed by atoms with Gasteiger partial charge in [-0.15, -0.1) is 0 Å². The zero-order chi connectivity index (χ0) is 20.4. The number of carbonyl (C=O) groups excluding carboxylic acids is 1. The van der Waals surface area contributed by atoms with E-state index in [1.807, 2.05) is 18.2 Å². The second kappa shape index (κ2) is 6.26. The Balaban J connectivity index is 1.57. The van der Waals surface area contributed by atoms with Crippen molar-refractivity contribution in [3.8, 4) is 0 Å². The monoisotopic (exact) mass is 401 g/mol. The summed E-state index contributed by atoms with van der Waals surface area (Å²) < 4.78 is 13.5. The molecular weight excluding hydrogens is 381 g/mol. The van der Waals surface area contributed by atoms with Crippen molar-refractivity contribution in [3.05, 3.63) is 71.4 Å². The van der Waals surface area contributed by atoms with Crippen LogP contribution in [0.5, 0.6) is 0 Å². The van der Waals surface area contributed by atoms with Crippen molar-refractivity contribution in [1.29, 1.82) is 0 Å². The predicted octanol–water partition coefficient (Wildman–Crippen LogP) is 3.11. The molecule has 2 aliphatic heterocycles. The average molecular weight is 401 g/mol. The second-order valence-electron chi connectivity index (χ2n) is 8.26. The smallest absolute Gasteiger partial charge is 0.249 e. The van der Waals surface area contributed by atoms with Crippen LogP contribution >= 0.6 is 0 Å². The minimum atomic E-state index is -0.475. The third-order valence-electron chi connectivity index (χ3n) is 6.64. The third-order valence-corrected chi connectivity index (χ3v) is 6.64. The van der Waals surface area contributed by atoms with Gasteiger partial charge in [0.1, 0.15) is 12.0 Å². The lowest BCUT2D eigenvalue weighted by Gasteiger charge is -2.33. The Kier molecular flexibility index (Phi) is 3.63. The van der Waals surface area contributed by atoms with Crippen molar-refractivity contribution in [3.63, 3.8) is 0 Å². The Morgan fingerprint density at radius 2 is 2.07 bits per heavy atom. The number of aromatic nitrogens is 2. The molecule has 4 heterocycles. The van der Waals surface area contributed by atoms with Gasteiger partial charge in [0, 0.05) is 23.2 Å². The highest BCUT2D eigenvalue weighted by molar-refractivity contribution is 6.06. The average Bonchev–Trinajstić information content (AvgIpc) is 3.46. The van der Waals surface area contributed by atoms with Crippen molar-refractivity contribution < 1.29 is 9.18 Å². The van der Waals surface area contributed by atoms with Gasteiger partial charge >= 0.3 is 0 Å². The van der Waals surface area contributed by atoms with Crippen LogP contribution in [0.25, 0.3) is 22.3 Å². The molecule has 1 aliphatic carbocycles. The second-order valence-corrected chi connectivity index (χ2v) is 8.26. The van der Waals surface area contributed by atoms with Gasteiger partial charge in [0.05, 0.1) is 34.4 Å². The highest BCUT2D eigenvalue weighted by Crippen LogP contribution is 2.50. The van der Waals surface area contributed by atoms with E-state index < -0.39 is 5.91 Å². The van der Waals surface area contributed by atoms with Gasteiger partial charge in [0.2, 0.25) is 5.91 Å². The van der Waals surface area contributed by atoms with E-state index in [1.54, 1.807) is 18.3 Å². The fourth-order valence-electron chi connectivity index (χ4n) is 5.36.